The standard InChI is InChI=1S/C27H33ClN2O4/c1-17(26(31)33-3)25(19-5-6-19)20-7-4-18-8-9-27(34-23(18)14-20)10-12-30(13-11-27)22-15-24(32-2)29-16-21(22)28/h4,7,14-17,19,25H,5-6,8-13H2,1-3H3. The summed E-state index contributed by atoms with van der Waals surface area (Å²) in [6.07, 6.45) is 7.90. The fraction of sp³-hybridized carbons (Fsp3) is 0.556. The quantitative estimate of drug-likeness (QED) is 0.511. The number of hydrogen-bond acceptors (Lipinski definition) is 6. The van der Waals surface area contributed by atoms with Crippen LogP contribution >= 0.6 is 11.6 Å². The summed E-state index contributed by atoms with van der Waals surface area (Å²) in [5.41, 5.74) is 3.27. The Kier molecular flexibility index (Phi) is 6.36. The lowest BCUT2D eigenvalue weighted by Crippen LogP contribution is -2.50. The Labute approximate surface area is 206 Å². The number of fused-ring (bicyclic) bond motifs is 1. The third-order valence-electron chi connectivity index (χ3n) is 7.93. The molecule has 2 aromatic rings. The molecule has 1 aromatic carbocycles. The van der Waals surface area contributed by atoms with E-state index in [0.29, 0.717) is 16.8 Å². The maximum absolute atomic E-state index is 12.3. The van der Waals surface area contributed by atoms with Crippen LogP contribution in [0.15, 0.2) is 30.5 Å². The number of methoxy groups -OCH3 is 2. The molecule has 6 nitrogen and oxygen atoms in total. The molecule has 1 aliphatic carbocycles. The molecule has 2 aliphatic heterocycles. The average Bonchev–Trinajstić information content (AvgIpc) is 3.69. The monoisotopic (exact) mass is 484 g/mol. The Morgan fingerprint density at radius 1 is 1.21 bits per heavy atom. The number of benzene rings is 1. The smallest absolute Gasteiger partial charge is 0.309 e. The van der Waals surface area contributed by atoms with Crippen LogP contribution in [0.2, 0.25) is 5.02 Å². The number of ether oxygens (including phenoxy) is 3. The minimum atomic E-state index is -0.158. The highest BCUT2D eigenvalue weighted by molar-refractivity contribution is 6.33. The van der Waals surface area contributed by atoms with E-state index in [-0.39, 0.29) is 23.4 Å². The number of piperidine rings is 1. The SMILES string of the molecule is COC(=O)C(C)C(c1ccc2c(c1)OC1(CC2)CCN(c2cc(OC)ncc2Cl)CC1)C1CC1. The van der Waals surface area contributed by atoms with Gasteiger partial charge in [-0.1, -0.05) is 30.7 Å². The lowest BCUT2D eigenvalue weighted by molar-refractivity contribution is -0.145. The van der Waals surface area contributed by atoms with Crippen molar-refractivity contribution < 1.29 is 19.0 Å². The van der Waals surface area contributed by atoms with Crippen LogP contribution < -0.4 is 14.4 Å². The Morgan fingerprint density at radius 2 is 1.97 bits per heavy atom. The molecule has 1 aromatic heterocycles. The number of carbonyl (C=O) groups excluding carboxylic acids is 1. The number of aromatic nitrogens is 1. The Morgan fingerprint density at radius 3 is 2.65 bits per heavy atom. The Balaban J connectivity index is 1.33. The van der Waals surface area contributed by atoms with Crippen LogP contribution in [0, 0.1) is 11.8 Å². The van der Waals surface area contributed by atoms with Gasteiger partial charge < -0.3 is 19.1 Å². The van der Waals surface area contributed by atoms with Gasteiger partial charge in [-0.3, -0.25) is 4.79 Å². The van der Waals surface area contributed by atoms with Gasteiger partial charge in [0.15, 0.2) is 0 Å². The Bertz CT molecular complexity index is 1060. The van der Waals surface area contributed by atoms with Crippen molar-refractivity contribution in [3.05, 3.63) is 46.6 Å². The third-order valence-corrected chi connectivity index (χ3v) is 8.22. The van der Waals surface area contributed by atoms with Gasteiger partial charge >= 0.3 is 5.97 Å². The summed E-state index contributed by atoms with van der Waals surface area (Å²) in [5.74, 6) is 2.01. The molecule has 1 saturated carbocycles. The van der Waals surface area contributed by atoms with Crippen molar-refractivity contribution in [1.29, 1.82) is 0 Å². The maximum atomic E-state index is 12.3. The van der Waals surface area contributed by atoms with Gasteiger partial charge in [-0.2, -0.15) is 0 Å². The van der Waals surface area contributed by atoms with Crippen molar-refractivity contribution in [3.8, 4) is 11.6 Å². The molecule has 7 heteroatoms. The summed E-state index contributed by atoms with van der Waals surface area (Å²) in [7, 11) is 3.09. The van der Waals surface area contributed by atoms with E-state index >= 15 is 0 Å². The predicted molar refractivity (Wildman–Crippen MR) is 132 cm³/mol. The number of esters is 1. The first-order valence-corrected chi connectivity index (χ1v) is 12.6. The summed E-state index contributed by atoms with van der Waals surface area (Å²) >= 11 is 6.44. The number of halogens is 1. The van der Waals surface area contributed by atoms with E-state index in [1.54, 1.807) is 13.3 Å². The van der Waals surface area contributed by atoms with E-state index in [4.69, 9.17) is 25.8 Å². The fourth-order valence-electron chi connectivity index (χ4n) is 5.75. The highest BCUT2D eigenvalue weighted by Gasteiger charge is 2.42. The molecule has 34 heavy (non-hydrogen) atoms. The average molecular weight is 485 g/mol. The first-order valence-electron chi connectivity index (χ1n) is 12.3. The third kappa shape index (κ3) is 4.45. The summed E-state index contributed by atoms with van der Waals surface area (Å²) in [6.45, 7) is 3.73. The highest BCUT2D eigenvalue weighted by Crippen LogP contribution is 2.49. The fourth-order valence-corrected chi connectivity index (χ4v) is 5.98. The minimum absolute atomic E-state index is 0.134. The van der Waals surface area contributed by atoms with Gasteiger partial charge in [0, 0.05) is 32.0 Å². The van der Waals surface area contributed by atoms with E-state index in [2.05, 4.69) is 28.1 Å². The first kappa shape index (κ1) is 23.3. The van der Waals surface area contributed by atoms with Gasteiger partial charge in [-0.15, -0.1) is 0 Å². The van der Waals surface area contributed by atoms with Crippen molar-refractivity contribution >= 4 is 23.3 Å². The van der Waals surface area contributed by atoms with Crippen LogP contribution in [-0.2, 0) is 16.0 Å². The molecule has 0 radical (unpaired) electrons. The van der Waals surface area contributed by atoms with Crippen LogP contribution in [0.5, 0.6) is 11.6 Å². The van der Waals surface area contributed by atoms with Gasteiger partial charge in [-0.05, 0) is 54.7 Å². The van der Waals surface area contributed by atoms with Crippen LogP contribution in [0.1, 0.15) is 56.1 Å². The number of carbonyl (C=O) groups is 1. The minimum Gasteiger partial charge on any atom is -0.487 e. The number of pyridine rings is 1. The number of anilines is 1. The van der Waals surface area contributed by atoms with E-state index < -0.39 is 0 Å². The zero-order valence-corrected chi connectivity index (χ0v) is 20.9. The summed E-state index contributed by atoms with van der Waals surface area (Å²) in [6, 6.07) is 8.51. The van der Waals surface area contributed by atoms with Gasteiger partial charge in [0.2, 0.25) is 5.88 Å². The zero-order valence-electron chi connectivity index (χ0n) is 20.2. The van der Waals surface area contributed by atoms with Crippen molar-refractivity contribution in [1.82, 2.24) is 4.98 Å². The molecule has 3 aliphatic rings. The molecule has 3 heterocycles. The molecule has 0 N–H and O–H groups in total. The number of nitrogens with zero attached hydrogens (tertiary/aromatic N) is 2. The van der Waals surface area contributed by atoms with Crippen molar-refractivity contribution in [3.63, 3.8) is 0 Å². The lowest BCUT2D eigenvalue weighted by Gasteiger charge is -2.45. The van der Waals surface area contributed by atoms with Crippen LogP contribution in [0.4, 0.5) is 5.69 Å². The van der Waals surface area contributed by atoms with E-state index in [1.165, 1.54) is 31.1 Å². The van der Waals surface area contributed by atoms with Crippen molar-refractivity contribution in [2.24, 2.45) is 11.8 Å². The molecule has 1 saturated heterocycles. The molecule has 2 atom stereocenters. The van der Waals surface area contributed by atoms with Gasteiger partial charge in [-0.25, -0.2) is 4.98 Å². The topological polar surface area (TPSA) is 60.9 Å². The largest absolute Gasteiger partial charge is 0.487 e. The predicted octanol–water partition coefficient (Wildman–Crippen LogP) is 5.41. The van der Waals surface area contributed by atoms with Crippen molar-refractivity contribution in [2.75, 3.05) is 32.2 Å². The molecule has 0 amide bonds. The molecule has 0 bridgehead atoms. The normalized spacial score (nSPS) is 20.8. The van der Waals surface area contributed by atoms with Crippen LogP contribution in [0.25, 0.3) is 0 Å². The van der Waals surface area contributed by atoms with Crippen LogP contribution in [0.3, 0.4) is 0 Å². The number of hydrogen-bond donors (Lipinski definition) is 0. The molecule has 1 spiro atoms. The van der Waals surface area contributed by atoms with Gasteiger partial charge in [0.25, 0.3) is 0 Å². The molecule has 5 rings (SSSR count). The van der Waals surface area contributed by atoms with E-state index in [0.717, 1.165) is 50.2 Å². The molecular weight excluding hydrogens is 452 g/mol. The molecule has 182 valence electrons. The molecule has 2 unspecified atom stereocenters. The Hall–Kier alpha value is -2.47. The van der Waals surface area contributed by atoms with E-state index in [9.17, 15) is 4.79 Å². The second-order valence-corrected chi connectivity index (χ2v) is 10.4. The second-order valence-electron chi connectivity index (χ2n) is 9.99. The second kappa shape index (κ2) is 9.29. The van der Waals surface area contributed by atoms with Gasteiger partial charge in [0.05, 0.1) is 37.0 Å². The number of rotatable bonds is 6. The lowest BCUT2D eigenvalue weighted by atomic mass is 9.80. The number of aryl methyl sites for hydroxylation is 1. The first-order chi connectivity index (χ1) is 16.4. The molecular formula is C27H33ClN2O4. The summed E-state index contributed by atoms with van der Waals surface area (Å²) < 4.78 is 17.1. The zero-order chi connectivity index (χ0) is 23.9. The van der Waals surface area contributed by atoms with Crippen molar-refractivity contribution in [2.45, 2.75) is 57.0 Å². The highest BCUT2D eigenvalue weighted by atomic mass is 35.5. The van der Waals surface area contributed by atoms with E-state index in [1.807, 2.05) is 13.0 Å². The van der Waals surface area contributed by atoms with Crippen LogP contribution in [-0.4, -0.2) is 43.9 Å². The summed E-state index contributed by atoms with van der Waals surface area (Å²) in [4.78, 5) is 18.8. The molecule has 2 fully saturated rings. The maximum Gasteiger partial charge on any atom is 0.309 e. The van der Waals surface area contributed by atoms with Gasteiger partial charge in [0.1, 0.15) is 11.4 Å². The summed E-state index contributed by atoms with van der Waals surface area (Å²) in [5, 5.41) is 0.641.